The van der Waals surface area contributed by atoms with E-state index in [1.807, 2.05) is 13.8 Å². The molecular weight excluding hydrogens is 284 g/mol. The summed E-state index contributed by atoms with van der Waals surface area (Å²) < 4.78 is 16.0. The topological polar surface area (TPSA) is 47.9 Å². The van der Waals surface area contributed by atoms with Gasteiger partial charge in [-0.1, -0.05) is 20.8 Å². The molecule has 0 amide bonds. The van der Waals surface area contributed by atoms with Crippen molar-refractivity contribution >= 4 is 8.32 Å². The molecule has 0 fully saturated rings. The lowest BCUT2D eigenvalue weighted by atomic mass is 10.1. The molecule has 5 heteroatoms. The summed E-state index contributed by atoms with van der Waals surface area (Å²) >= 11 is 0. The highest BCUT2D eigenvalue weighted by molar-refractivity contribution is 6.74. The van der Waals surface area contributed by atoms with Gasteiger partial charge in [0.15, 0.2) is 8.32 Å². The lowest BCUT2D eigenvalue weighted by Gasteiger charge is -2.36. The first-order valence-electron chi connectivity index (χ1n) is 7.33. The minimum Gasteiger partial charge on any atom is -0.412 e. The monoisotopic (exact) mass is 316 g/mol. The Morgan fingerprint density at radius 3 is 2.29 bits per heavy atom. The third-order valence-electron chi connectivity index (χ3n) is 3.84. The van der Waals surface area contributed by atoms with E-state index in [1.165, 1.54) is 0 Å². The molecule has 0 aliphatic heterocycles. The number of methoxy groups -OCH3 is 1. The van der Waals surface area contributed by atoms with E-state index in [4.69, 9.17) is 13.9 Å². The van der Waals surface area contributed by atoms with E-state index in [-0.39, 0.29) is 18.4 Å². The van der Waals surface area contributed by atoms with Crippen LogP contribution in [0.15, 0.2) is 16.9 Å². The van der Waals surface area contributed by atoms with Crippen LogP contribution in [0.5, 0.6) is 0 Å². The Morgan fingerprint density at radius 2 is 1.81 bits per heavy atom. The van der Waals surface area contributed by atoms with E-state index < -0.39 is 14.4 Å². The second-order valence-corrected chi connectivity index (χ2v) is 11.7. The van der Waals surface area contributed by atoms with Crippen molar-refractivity contribution in [2.75, 3.05) is 27.1 Å². The standard InChI is InChI=1S/C16H32O4Si/c1-13(10-20-21(7,8)16(3,4)5)9-14(2)15(17)11-19-12-18-6/h15,17H,10-12H2,1-8H3. The number of aliphatic hydroxyl groups excluding tert-OH is 1. The highest BCUT2D eigenvalue weighted by Gasteiger charge is 2.36. The van der Waals surface area contributed by atoms with Crippen LogP contribution in [0.25, 0.3) is 0 Å². The maximum atomic E-state index is 9.92. The van der Waals surface area contributed by atoms with Crippen LogP contribution >= 0.6 is 0 Å². The largest absolute Gasteiger partial charge is 0.412 e. The van der Waals surface area contributed by atoms with Gasteiger partial charge in [-0.05, 0) is 43.1 Å². The zero-order valence-electron chi connectivity index (χ0n) is 14.9. The van der Waals surface area contributed by atoms with Crippen molar-refractivity contribution < 1.29 is 19.0 Å². The third-order valence-corrected chi connectivity index (χ3v) is 8.32. The second kappa shape index (κ2) is 8.88. The fraction of sp³-hybridized carbons (Fsp3) is 0.812. The molecule has 0 saturated carbocycles. The maximum absolute atomic E-state index is 9.92. The van der Waals surface area contributed by atoms with E-state index in [9.17, 15) is 5.11 Å². The fourth-order valence-corrected chi connectivity index (χ4v) is 2.34. The van der Waals surface area contributed by atoms with Crippen LogP contribution in [0.1, 0.15) is 34.6 Å². The Morgan fingerprint density at radius 1 is 1.24 bits per heavy atom. The molecule has 0 heterocycles. The van der Waals surface area contributed by atoms with Crippen molar-refractivity contribution in [1.29, 1.82) is 0 Å². The molecule has 0 aliphatic rings. The SMILES string of the molecule is COCOCC(O)C(C)=C=C(C)CO[Si](C)(C)C(C)(C)C. The summed E-state index contributed by atoms with van der Waals surface area (Å²) in [6, 6.07) is 0. The summed E-state index contributed by atoms with van der Waals surface area (Å²) in [5.41, 5.74) is 4.93. The Hall–Kier alpha value is -0.423. The minimum atomic E-state index is -1.75. The Balaban J connectivity index is 4.61. The van der Waals surface area contributed by atoms with E-state index in [2.05, 4.69) is 39.6 Å². The molecule has 4 nitrogen and oxygen atoms in total. The summed E-state index contributed by atoms with van der Waals surface area (Å²) in [5, 5.41) is 10.1. The molecule has 0 aromatic carbocycles. The van der Waals surface area contributed by atoms with Crippen molar-refractivity contribution in [3.8, 4) is 0 Å². The van der Waals surface area contributed by atoms with Crippen molar-refractivity contribution in [1.82, 2.24) is 0 Å². The van der Waals surface area contributed by atoms with Crippen LogP contribution in [0.2, 0.25) is 18.1 Å². The van der Waals surface area contributed by atoms with Crippen molar-refractivity contribution in [3.63, 3.8) is 0 Å². The van der Waals surface area contributed by atoms with E-state index in [1.54, 1.807) is 7.11 Å². The van der Waals surface area contributed by atoms with E-state index >= 15 is 0 Å². The number of hydrogen-bond donors (Lipinski definition) is 1. The predicted molar refractivity (Wildman–Crippen MR) is 88.9 cm³/mol. The molecule has 0 saturated heterocycles. The summed E-state index contributed by atoms with van der Waals surface area (Å²) in [7, 11) is -0.193. The number of rotatable bonds is 8. The number of ether oxygens (including phenoxy) is 2. The van der Waals surface area contributed by atoms with Crippen LogP contribution in [-0.2, 0) is 13.9 Å². The Bertz CT molecular complexity index is 376. The molecule has 1 atom stereocenters. The number of hydrogen-bond acceptors (Lipinski definition) is 4. The van der Waals surface area contributed by atoms with Gasteiger partial charge in [0, 0.05) is 7.11 Å². The molecule has 0 bridgehead atoms. The molecule has 0 aromatic rings. The molecule has 124 valence electrons. The molecule has 0 rings (SSSR count). The molecular formula is C16H32O4Si. The van der Waals surface area contributed by atoms with Crippen LogP contribution in [0.3, 0.4) is 0 Å². The van der Waals surface area contributed by atoms with Gasteiger partial charge in [0.1, 0.15) is 12.9 Å². The predicted octanol–water partition coefficient (Wildman–Crippen LogP) is 3.48. The van der Waals surface area contributed by atoms with Crippen LogP contribution in [0, 0.1) is 0 Å². The fourth-order valence-electron chi connectivity index (χ4n) is 1.33. The first-order chi connectivity index (χ1) is 9.51. The van der Waals surface area contributed by atoms with Gasteiger partial charge < -0.3 is 19.0 Å². The highest BCUT2D eigenvalue weighted by atomic mass is 28.4. The zero-order chi connectivity index (χ0) is 16.7. The van der Waals surface area contributed by atoms with E-state index in [0.29, 0.717) is 6.61 Å². The van der Waals surface area contributed by atoms with Gasteiger partial charge in [0.25, 0.3) is 0 Å². The molecule has 0 spiro atoms. The van der Waals surface area contributed by atoms with Crippen LogP contribution in [-0.4, -0.2) is 46.6 Å². The van der Waals surface area contributed by atoms with E-state index in [0.717, 1.165) is 11.1 Å². The van der Waals surface area contributed by atoms with Gasteiger partial charge in [-0.2, -0.15) is 0 Å². The summed E-state index contributed by atoms with van der Waals surface area (Å²) in [6.07, 6.45) is -0.664. The Labute approximate surface area is 130 Å². The molecule has 1 N–H and O–H groups in total. The minimum absolute atomic E-state index is 0.182. The second-order valence-electron chi connectivity index (χ2n) is 6.93. The summed E-state index contributed by atoms with van der Waals surface area (Å²) in [6.45, 7) is 15.9. The first-order valence-corrected chi connectivity index (χ1v) is 10.2. The van der Waals surface area contributed by atoms with Crippen LogP contribution in [0.4, 0.5) is 0 Å². The van der Waals surface area contributed by atoms with Gasteiger partial charge >= 0.3 is 0 Å². The van der Waals surface area contributed by atoms with Crippen molar-refractivity contribution in [2.45, 2.75) is 58.9 Å². The summed E-state index contributed by atoms with van der Waals surface area (Å²) in [4.78, 5) is 0. The van der Waals surface area contributed by atoms with Crippen LogP contribution < -0.4 is 0 Å². The van der Waals surface area contributed by atoms with Gasteiger partial charge in [-0.3, -0.25) is 0 Å². The van der Waals surface area contributed by atoms with Gasteiger partial charge in [0.05, 0.1) is 13.2 Å². The van der Waals surface area contributed by atoms with Crippen molar-refractivity contribution in [3.05, 3.63) is 16.9 Å². The average Bonchev–Trinajstić information content (AvgIpc) is 2.35. The molecule has 0 aromatic heterocycles. The lowest BCUT2D eigenvalue weighted by molar-refractivity contribution is -0.0545. The zero-order valence-corrected chi connectivity index (χ0v) is 15.9. The lowest BCUT2D eigenvalue weighted by Crippen LogP contribution is -2.41. The molecule has 21 heavy (non-hydrogen) atoms. The van der Waals surface area contributed by atoms with Gasteiger partial charge in [0.2, 0.25) is 0 Å². The molecule has 1 unspecified atom stereocenters. The average molecular weight is 317 g/mol. The first kappa shape index (κ1) is 20.6. The van der Waals surface area contributed by atoms with Crippen molar-refractivity contribution in [2.24, 2.45) is 0 Å². The highest BCUT2D eigenvalue weighted by Crippen LogP contribution is 2.36. The summed E-state index contributed by atoms with van der Waals surface area (Å²) in [5.74, 6) is 0. The number of aliphatic hydroxyl groups is 1. The quantitative estimate of drug-likeness (QED) is 0.322. The normalized spacial score (nSPS) is 13.8. The maximum Gasteiger partial charge on any atom is 0.192 e. The third kappa shape index (κ3) is 7.95. The molecule has 0 aliphatic carbocycles. The smallest absolute Gasteiger partial charge is 0.192 e. The molecule has 0 radical (unpaired) electrons. The Kier molecular flexibility index (Phi) is 8.70. The van der Waals surface area contributed by atoms with Gasteiger partial charge in [-0.15, -0.1) is 5.73 Å². The van der Waals surface area contributed by atoms with Gasteiger partial charge in [-0.25, -0.2) is 0 Å².